The summed E-state index contributed by atoms with van der Waals surface area (Å²) in [4.78, 5) is 11.5. The molecule has 0 saturated carbocycles. The van der Waals surface area contributed by atoms with E-state index in [2.05, 4.69) is 23.3 Å². The number of amides is 1. The molecule has 0 unspecified atom stereocenters. The Morgan fingerprint density at radius 3 is 2.62 bits per heavy atom. The number of alkyl carbamates (subject to hydrolysis) is 1. The van der Waals surface area contributed by atoms with Gasteiger partial charge in [0.1, 0.15) is 5.60 Å². The molecular formula is C11H22N2O2S. The zero-order valence-electron chi connectivity index (χ0n) is 10.4. The standard InChI is InChI=1S/C11H22N2O2S/c1-7(8-5-9(16)12-6-8)13-10(14)15-11(2,3)4/h7-9,12,16H,5-6H2,1-4H3,(H,13,14)/t7-,8-,9-/m0/s1. The van der Waals surface area contributed by atoms with Crippen molar-refractivity contribution < 1.29 is 9.53 Å². The van der Waals surface area contributed by atoms with E-state index in [-0.39, 0.29) is 17.5 Å². The van der Waals surface area contributed by atoms with Crippen LogP contribution < -0.4 is 10.6 Å². The fourth-order valence-corrected chi connectivity index (χ4v) is 2.11. The van der Waals surface area contributed by atoms with Crippen molar-refractivity contribution in [3.05, 3.63) is 0 Å². The molecule has 0 aromatic heterocycles. The zero-order valence-corrected chi connectivity index (χ0v) is 11.3. The predicted molar refractivity (Wildman–Crippen MR) is 67.7 cm³/mol. The molecule has 0 spiro atoms. The highest BCUT2D eigenvalue weighted by Crippen LogP contribution is 2.19. The summed E-state index contributed by atoms with van der Waals surface area (Å²) >= 11 is 4.35. The van der Waals surface area contributed by atoms with Crippen LogP contribution in [0, 0.1) is 5.92 Å². The van der Waals surface area contributed by atoms with Gasteiger partial charge in [0.15, 0.2) is 0 Å². The van der Waals surface area contributed by atoms with Crippen molar-refractivity contribution in [1.82, 2.24) is 10.6 Å². The molecule has 5 heteroatoms. The number of carbonyl (C=O) groups is 1. The van der Waals surface area contributed by atoms with Crippen LogP contribution in [0.15, 0.2) is 0 Å². The number of carbonyl (C=O) groups excluding carboxylic acids is 1. The van der Waals surface area contributed by atoms with Gasteiger partial charge in [0.2, 0.25) is 0 Å². The van der Waals surface area contributed by atoms with Crippen LogP contribution in [0.3, 0.4) is 0 Å². The van der Waals surface area contributed by atoms with Gasteiger partial charge < -0.3 is 15.4 Å². The van der Waals surface area contributed by atoms with Crippen molar-refractivity contribution in [2.24, 2.45) is 5.92 Å². The number of rotatable bonds is 2. The summed E-state index contributed by atoms with van der Waals surface area (Å²) in [6.45, 7) is 8.47. The van der Waals surface area contributed by atoms with Crippen molar-refractivity contribution in [3.63, 3.8) is 0 Å². The molecule has 4 nitrogen and oxygen atoms in total. The maximum absolute atomic E-state index is 11.5. The highest BCUT2D eigenvalue weighted by atomic mass is 32.1. The van der Waals surface area contributed by atoms with Gasteiger partial charge in [0, 0.05) is 12.6 Å². The van der Waals surface area contributed by atoms with Crippen LogP contribution in [0.5, 0.6) is 0 Å². The average Bonchev–Trinajstić information content (AvgIpc) is 2.47. The third-order valence-electron chi connectivity index (χ3n) is 2.59. The molecule has 1 amide bonds. The second-order valence-electron chi connectivity index (χ2n) is 5.35. The second kappa shape index (κ2) is 5.27. The Bertz CT molecular complexity index is 253. The minimum atomic E-state index is -0.441. The summed E-state index contributed by atoms with van der Waals surface area (Å²) in [7, 11) is 0. The molecule has 1 saturated heterocycles. The molecule has 94 valence electrons. The van der Waals surface area contributed by atoms with Crippen molar-refractivity contribution >= 4 is 18.7 Å². The monoisotopic (exact) mass is 246 g/mol. The predicted octanol–water partition coefficient (Wildman–Crippen LogP) is 1.76. The number of hydrogen-bond acceptors (Lipinski definition) is 4. The summed E-state index contributed by atoms with van der Waals surface area (Å²) in [6, 6.07) is 0.111. The molecule has 1 aliphatic rings. The zero-order chi connectivity index (χ0) is 12.3. The molecule has 0 aliphatic carbocycles. The van der Waals surface area contributed by atoms with Crippen LogP contribution in [0.4, 0.5) is 4.79 Å². The lowest BCUT2D eigenvalue weighted by Crippen LogP contribution is -2.41. The lowest BCUT2D eigenvalue weighted by molar-refractivity contribution is 0.0494. The van der Waals surface area contributed by atoms with E-state index in [9.17, 15) is 4.79 Å². The maximum Gasteiger partial charge on any atom is 0.407 e. The topological polar surface area (TPSA) is 50.4 Å². The first-order chi connectivity index (χ1) is 7.28. The van der Waals surface area contributed by atoms with Crippen molar-refractivity contribution in [1.29, 1.82) is 0 Å². The summed E-state index contributed by atoms with van der Waals surface area (Å²) in [5.41, 5.74) is -0.441. The van der Waals surface area contributed by atoms with Gasteiger partial charge in [0.05, 0.1) is 5.37 Å². The quantitative estimate of drug-likeness (QED) is 0.651. The molecule has 1 aliphatic heterocycles. The molecule has 1 rings (SSSR count). The van der Waals surface area contributed by atoms with Gasteiger partial charge >= 0.3 is 6.09 Å². The van der Waals surface area contributed by atoms with Crippen molar-refractivity contribution in [3.8, 4) is 0 Å². The molecule has 1 fully saturated rings. The van der Waals surface area contributed by atoms with Crippen LogP contribution in [0.2, 0.25) is 0 Å². The van der Waals surface area contributed by atoms with Crippen LogP contribution in [0.1, 0.15) is 34.1 Å². The number of nitrogens with one attached hydrogen (secondary N) is 2. The molecule has 0 radical (unpaired) electrons. The van der Waals surface area contributed by atoms with Crippen LogP contribution in [-0.4, -0.2) is 29.7 Å². The lowest BCUT2D eigenvalue weighted by Gasteiger charge is -2.24. The number of ether oxygens (including phenoxy) is 1. The molecule has 2 N–H and O–H groups in total. The Balaban J connectivity index is 2.34. The highest BCUT2D eigenvalue weighted by molar-refractivity contribution is 7.80. The summed E-state index contributed by atoms with van der Waals surface area (Å²) in [5, 5.41) is 6.35. The van der Waals surface area contributed by atoms with Crippen LogP contribution in [0.25, 0.3) is 0 Å². The minimum absolute atomic E-state index is 0.111. The Hall–Kier alpha value is -0.420. The fourth-order valence-electron chi connectivity index (χ4n) is 1.73. The van der Waals surface area contributed by atoms with Gasteiger partial charge in [-0.25, -0.2) is 4.79 Å². The van der Waals surface area contributed by atoms with Crippen molar-refractivity contribution in [2.45, 2.75) is 51.1 Å². The van der Waals surface area contributed by atoms with E-state index in [1.165, 1.54) is 0 Å². The van der Waals surface area contributed by atoms with Gasteiger partial charge in [-0.05, 0) is 40.0 Å². The molecule has 16 heavy (non-hydrogen) atoms. The third kappa shape index (κ3) is 4.61. The van der Waals surface area contributed by atoms with Crippen LogP contribution in [-0.2, 0) is 4.74 Å². The van der Waals surface area contributed by atoms with Crippen LogP contribution >= 0.6 is 12.6 Å². The summed E-state index contributed by atoms with van der Waals surface area (Å²) in [6.07, 6.45) is 0.627. The maximum atomic E-state index is 11.5. The first-order valence-corrected chi connectivity index (χ1v) is 6.20. The van der Waals surface area contributed by atoms with E-state index >= 15 is 0 Å². The van der Waals surface area contributed by atoms with Gasteiger partial charge in [-0.1, -0.05) is 0 Å². The average molecular weight is 246 g/mol. The van der Waals surface area contributed by atoms with Gasteiger partial charge in [-0.3, -0.25) is 0 Å². The molecular weight excluding hydrogens is 224 g/mol. The molecule has 0 bridgehead atoms. The Morgan fingerprint density at radius 2 is 2.19 bits per heavy atom. The van der Waals surface area contributed by atoms with Gasteiger partial charge in [-0.15, -0.1) is 0 Å². The summed E-state index contributed by atoms with van der Waals surface area (Å²) in [5.74, 6) is 0.426. The Kier molecular flexibility index (Phi) is 4.50. The minimum Gasteiger partial charge on any atom is -0.444 e. The second-order valence-corrected chi connectivity index (χ2v) is 5.98. The smallest absolute Gasteiger partial charge is 0.407 e. The molecule has 3 atom stereocenters. The molecule has 1 heterocycles. The first kappa shape index (κ1) is 13.6. The Labute approximate surface area is 103 Å². The molecule has 0 aromatic rings. The van der Waals surface area contributed by atoms with E-state index in [1.807, 2.05) is 27.7 Å². The fraction of sp³-hybridized carbons (Fsp3) is 0.909. The number of hydrogen-bond donors (Lipinski definition) is 3. The van der Waals surface area contributed by atoms with Crippen molar-refractivity contribution in [2.75, 3.05) is 6.54 Å². The SMILES string of the molecule is C[C@H](NC(=O)OC(C)(C)C)[C@@H]1CN[C@@H](S)C1. The first-order valence-electron chi connectivity index (χ1n) is 5.69. The molecule has 0 aromatic carbocycles. The normalized spacial score (nSPS) is 27.6. The van der Waals surface area contributed by atoms with E-state index in [0.29, 0.717) is 5.92 Å². The number of thiol groups is 1. The Morgan fingerprint density at radius 1 is 1.56 bits per heavy atom. The van der Waals surface area contributed by atoms with Gasteiger partial charge in [0.25, 0.3) is 0 Å². The third-order valence-corrected chi connectivity index (χ3v) is 2.99. The highest BCUT2D eigenvalue weighted by Gasteiger charge is 2.28. The van der Waals surface area contributed by atoms with E-state index in [1.54, 1.807) is 0 Å². The van der Waals surface area contributed by atoms with E-state index in [4.69, 9.17) is 4.74 Å². The lowest BCUT2D eigenvalue weighted by atomic mass is 10.0. The van der Waals surface area contributed by atoms with E-state index in [0.717, 1.165) is 13.0 Å². The van der Waals surface area contributed by atoms with E-state index < -0.39 is 5.60 Å². The largest absolute Gasteiger partial charge is 0.444 e. The van der Waals surface area contributed by atoms with Gasteiger partial charge in [-0.2, -0.15) is 12.6 Å². The summed E-state index contributed by atoms with van der Waals surface area (Å²) < 4.78 is 5.21.